The first-order valence-corrected chi connectivity index (χ1v) is 6.37. The van der Waals surface area contributed by atoms with Gasteiger partial charge < -0.3 is 15.1 Å². The molecule has 0 aliphatic rings. The van der Waals surface area contributed by atoms with E-state index in [0.717, 1.165) is 10.3 Å². The molecule has 0 bridgehead atoms. The molecule has 2 aromatic rings. The fourth-order valence-corrected chi connectivity index (χ4v) is 2.14. The summed E-state index contributed by atoms with van der Waals surface area (Å²) in [5, 5.41) is 20.5. The average Bonchev–Trinajstić information content (AvgIpc) is 2.46. The molecule has 0 radical (unpaired) electrons. The van der Waals surface area contributed by atoms with Gasteiger partial charge in [0, 0.05) is 11.9 Å². The molecule has 21 heavy (non-hydrogen) atoms. The molecule has 0 saturated heterocycles. The number of carboxylic acids is 1. The predicted molar refractivity (Wildman–Crippen MR) is 79.3 cm³/mol. The molecule has 2 N–H and O–H groups in total. The molecule has 0 aliphatic carbocycles. The summed E-state index contributed by atoms with van der Waals surface area (Å²) in [4.78, 5) is 24.3. The summed E-state index contributed by atoms with van der Waals surface area (Å²) in [5.41, 5.74) is 0.0804. The van der Waals surface area contributed by atoms with Crippen molar-refractivity contribution in [1.82, 2.24) is 4.90 Å². The van der Waals surface area contributed by atoms with Crippen molar-refractivity contribution >= 4 is 22.6 Å². The van der Waals surface area contributed by atoms with E-state index in [1.54, 1.807) is 18.2 Å². The molecule has 2 aromatic carbocycles. The van der Waals surface area contributed by atoms with Gasteiger partial charge in [-0.25, -0.2) is 0 Å². The van der Waals surface area contributed by atoms with Gasteiger partial charge in [0.25, 0.3) is 5.91 Å². The SMILES string of the molecule is C=CCN(CC(=O)O)C(=O)c1ccc2ccccc2c1O. The van der Waals surface area contributed by atoms with Gasteiger partial charge in [0.15, 0.2) is 0 Å². The Balaban J connectivity index is 2.44. The molecular formula is C16H15NO4. The topological polar surface area (TPSA) is 77.8 Å². The lowest BCUT2D eigenvalue weighted by Gasteiger charge is -2.19. The molecule has 0 unspecified atom stereocenters. The van der Waals surface area contributed by atoms with Crippen molar-refractivity contribution in [2.75, 3.05) is 13.1 Å². The van der Waals surface area contributed by atoms with E-state index in [4.69, 9.17) is 5.11 Å². The molecule has 5 nitrogen and oxygen atoms in total. The number of phenols is 1. The number of rotatable bonds is 5. The molecule has 2 rings (SSSR count). The molecule has 1 amide bonds. The van der Waals surface area contributed by atoms with E-state index in [0.29, 0.717) is 5.39 Å². The van der Waals surface area contributed by atoms with Gasteiger partial charge in [0.05, 0.1) is 5.56 Å². The number of nitrogens with zero attached hydrogens (tertiary/aromatic N) is 1. The Hall–Kier alpha value is -2.82. The number of carbonyl (C=O) groups excluding carboxylic acids is 1. The number of amides is 1. The maximum atomic E-state index is 12.4. The zero-order chi connectivity index (χ0) is 15.4. The summed E-state index contributed by atoms with van der Waals surface area (Å²) in [6, 6.07) is 10.3. The molecule has 0 saturated carbocycles. The minimum absolute atomic E-state index is 0.0804. The molecule has 0 fully saturated rings. The van der Waals surface area contributed by atoms with Crippen LogP contribution in [0.15, 0.2) is 49.1 Å². The van der Waals surface area contributed by atoms with Crippen molar-refractivity contribution in [3.63, 3.8) is 0 Å². The first-order chi connectivity index (χ1) is 10.0. The Morgan fingerprint density at radius 2 is 1.90 bits per heavy atom. The molecule has 0 spiro atoms. The quantitative estimate of drug-likeness (QED) is 0.826. The van der Waals surface area contributed by atoms with E-state index in [9.17, 15) is 14.7 Å². The number of fused-ring (bicyclic) bond motifs is 1. The minimum atomic E-state index is -1.12. The highest BCUT2D eigenvalue weighted by atomic mass is 16.4. The second-order valence-corrected chi connectivity index (χ2v) is 4.55. The number of carbonyl (C=O) groups is 2. The lowest BCUT2D eigenvalue weighted by molar-refractivity contribution is -0.137. The minimum Gasteiger partial charge on any atom is -0.506 e. The number of hydrogen-bond acceptors (Lipinski definition) is 3. The highest BCUT2D eigenvalue weighted by Crippen LogP contribution is 2.29. The van der Waals surface area contributed by atoms with Gasteiger partial charge in [0.2, 0.25) is 0 Å². The lowest BCUT2D eigenvalue weighted by atomic mass is 10.0. The number of aliphatic carboxylic acids is 1. The summed E-state index contributed by atoms with van der Waals surface area (Å²) in [6.07, 6.45) is 1.44. The fraction of sp³-hybridized carbons (Fsp3) is 0.125. The highest BCUT2D eigenvalue weighted by Gasteiger charge is 2.21. The van der Waals surface area contributed by atoms with Crippen LogP contribution in [0.4, 0.5) is 0 Å². The number of benzene rings is 2. The van der Waals surface area contributed by atoms with Crippen molar-refractivity contribution in [3.8, 4) is 5.75 Å². The molecule has 108 valence electrons. The van der Waals surface area contributed by atoms with Crippen LogP contribution >= 0.6 is 0 Å². The maximum Gasteiger partial charge on any atom is 0.323 e. The molecule has 0 heterocycles. The summed E-state index contributed by atoms with van der Waals surface area (Å²) < 4.78 is 0. The summed E-state index contributed by atoms with van der Waals surface area (Å²) in [7, 11) is 0. The third kappa shape index (κ3) is 3.02. The van der Waals surface area contributed by atoms with E-state index < -0.39 is 18.4 Å². The summed E-state index contributed by atoms with van der Waals surface area (Å²) in [6.45, 7) is 3.15. The van der Waals surface area contributed by atoms with Crippen molar-refractivity contribution in [3.05, 3.63) is 54.6 Å². The van der Waals surface area contributed by atoms with Crippen LogP contribution in [0.3, 0.4) is 0 Å². The first kappa shape index (κ1) is 14.6. The van der Waals surface area contributed by atoms with Crippen LogP contribution in [-0.2, 0) is 4.79 Å². The van der Waals surface area contributed by atoms with E-state index in [2.05, 4.69) is 6.58 Å². The molecule has 0 aliphatic heterocycles. The van der Waals surface area contributed by atoms with E-state index in [1.165, 1.54) is 12.1 Å². The largest absolute Gasteiger partial charge is 0.506 e. The second-order valence-electron chi connectivity index (χ2n) is 4.55. The van der Waals surface area contributed by atoms with Crippen LogP contribution in [0.2, 0.25) is 0 Å². The zero-order valence-corrected chi connectivity index (χ0v) is 11.3. The Labute approximate surface area is 121 Å². The Morgan fingerprint density at radius 3 is 2.57 bits per heavy atom. The van der Waals surface area contributed by atoms with Crippen molar-refractivity contribution in [2.45, 2.75) is 0 Å². The standard InChI is InChI=1S/C16H15NO4/c1-2-9-17(10-14(18)19)16(21)13-8-7-11-5-3-4-6-12(11)15(13)20/h2-8,20H,1,9-10H2,(H,18,19). The molecule has 0 atom stereocenters. The molecule has 5 heteroatoms. The van der Waals surface area contributed by atoms with Gasteiger partial charge in [0.1, 0.15) is 12.3 Å². The van der Waals surface area contributed by atoms with E-state index in [1.807, 2.05) is 12.1 Å². The number of carboxylic acid groups (broad SMARTS) is 1. The van der Waals surface area contributed by atoms with Crippen molar-refractivity contribution in [2.24, 2.45) is 0 Å². The van der Waals surface area contributed by atoms with Crippen LogP contribution in [0.1, 0.15) is 10.4 Å². The second kappa shape index (κ2) is 6.09. The van der Waals surface area contributed by atoms with Crippen molar-refractivity contribution in [1.29, 1.82) is 0 Å². The smallest absolute Gasteiger partial charge is 0.323 e. The first-order valence-electron chi connectivity index (χ1n) is 6.37. The summed E-state index contributed by atoms with van der Waals surface area (Å²) in [5.74, 6) is -1.80. The predicted octanol–water partition coefficient (Wildman–Crippen LogP) is 2.26. The van der Waals surface area contributed by atoms with E-state index in [-0.39, 0.29) is 17.9 Å². The molecular weight excluding hydrogens is 270 g/mol. The number of hydrogen-bond donors (Lipinski definition) is 2. The molecule has 0 aromatic heterocycles. The Morgan fingerprint density at radius 1 is 1.19 bits per heavy atom. The fourth-order valence-electron chi connectivity index (χ4n) is 2.14. The average molecular weight is 285 g/mol. The monoisotopic (exact) mass is 285 g/mol. The van der Waals surface area contributed by atoms with Gasteiger partial charge in [-0.1, -0.05) is 36.4 Å². The van der Waals surface area contributed by atoms with Crippen LogP contribution in [0.5, 0.6) is 5.75 Å². The van der Waals surface area contributed by atoms with Crippen LogP contribution in [0.25, 0.3) is 10.8 Å². The number of phenolic OH excluding ortho intramolecular Hbond substituents is 1. The third-order valence-corrected chi connectivity index (χ3v) is 3.09. The van der Waals surface area contributed by atoms with E-state index >= 15 is 0 Å². The summed E-state index contributed by atoms with van der Waals surface area (Å²) >= 11 is 0. The third-order valence-electron chi connectivity index (χ3n) is 3.09. The Kier molecular flexibility index (Phi) is 4.23. The zero-order valence-electron chi connectivity index (χ0n) is 11.3. The maximum absolute atomic E-state index is 12.4. The van der Waals surface area contributed by atoms with Crippen LogP contribution in [-0.4, -0.2) is 40.1 Å². The number of aromatic hydroxyl groups is 1. The van der Waals surface area contributed by atoms with Gasteiger partial charge in [-0.05, 0) is 11.5 Å². The van der Waals surface area contributed by atoms with Crippen molar-refractivity contribution < 1.29 is 19.8 Å². The lowest BCUT2D eigenvalue weighted by Crippen LogP contribution is -2.35. The van der Waals surface area contributed by atoms with Gasteiger partial charge in [-0.3, -0.25) is 9.59 Å². The highest BCUT2D eigenvalue weighted by molar-refractivity contribution is 6.04. The Bertz CT molecular complexity index is 708. The van der Waals surface area contributed by atoms with Gasteiger partial charge in [-0.2, -0.15) is 0 Å². The van der Waals surface area contributed by atoms with Crippen LogP contribution in [0, 0.1) is 0 Å². The van der Waals surface area contributed by atoms with Gasteiger partial charge >= 0.3 is 5.97 Å². The van der Waals surface area contributed by atoms with Gasteiger partial charge in [-0.15, -0.1) is 6.58 Å². The van der Waals surface area contributed by atoms with Crippen LogP contribution < -0.4 is 0 Å². The normalized spacial score (nSPS) is 10.3.